The third-order valence-electron chi connectivity index (χ3n) is 4.55. The Morgan fingerprint density at radius 2 is 1.59 bits per heavy atom. The van der Waals surface area contributed by atoms with Crippen molar-refractivity contribution in [2.24, 2.45) is 0 Å². The molecule has 146 valence electrons. The molecule has 0 saturated carbocycles. The van der Waals surface area contributed by atoms with Crippen LogP contribution in [0, 0.1) is 11.6 Å². The van der Waals surface area contributed by atoms with E-state index in [4.69, 9.17) is 13.9 Å². The summed E-state index contributed by atoms with van der Waals surface area (Å²) in [5.74, 6) is -0.338. The zero-order chi connectivity index (χ0) is 20.4. The number of benzene rings is 3. The van der Waals surface area contributed by atoms with Crippen LogP contribution in [0.15, 0.2) is 75.9 Å². The molecule has 4 nitrogen and oxygen atoms in total. The van der Waals surface area contributed by atoms with E-state index in [2.05, 4.69) is 0 Å². The first-order valence-electron chi connectivity index (χ1n) is 8.83. The Kier molecular flexibility index (Phi) is 4.99. The van der Waals surface area contributed by atoms with Gasteiger partial charge >= 0.3 is 5.63 Å². The molecule has 0 N–H and O–H groups in total. The van der Waals surface area contributed by atoms with E-state index in [1.807, 2.05) is 0 Å². The van der Waals surface area contributed by atoms with E-state index in [1.165, 1.54) is 24.3 Å². The number of halogens is 2. The highest BCUT2D eigenvalue weighted by Crippen LogP contribution is 2.26. The average Bonchev–Trinajstić information content (AvgIpc) is 2.73. The maximum Gasteiger partial charge on any atom is 0.344 e. The smallest absolute Gasteiger partial charge is 0.344 e. The van der Waals surface area contributed by atoms with E-state index < -0.39 is 17.3 Å². The molecule has 4 aromatic rings. The quantitative estimate of drug-likeness (QED) is 0.430. The summed E-state index contributed by atoms with van der Waals surface area (Å²) < 4.78 is 43.5. The first-order chi connectivity index (χ1) is 14.0. The van der Waals surface area contributed by atoms with Crippen molar-refractivity contribution < 1.29 is 22.7 Å². The van der Waals surface area contributed by atoms with E-state index in [1.54, 1.807) is 49.6 Å². The molecule has 0 aliphatic carbocycles. The minimum Gasteiger partial charge on any atom is -0.497 e. The fourth-order valence-corrected chi connectivity index (χ4v) is 2.98. The zero-order valence-electron chi connectivity index (χ0n) is 15.4. The lowest BCUT2D eigenvalue weighted by molar-refractivity contribution is 0.292. The molecule has 0 saturated heterocycles. The maximum atomic E-state index is 13.7. The van der Waals surface area contributed by atoms with Gasteiger partial charge in [-0.2, -0.15) is 0 Å². The number of rotatable bonds is 5. The van der Waals surface area contributed by atoms with Gasteiger partial charge in [-0.15, -0.1) is 0 Å². The van der Waals surface area contributed by atoms with Crippen molar-refractivity contribution in [1.82, 2.24) is 0 Å². The van der Waals surface area contributed by atoms with Crippen LogP contribution in [0.4, 0.5) is 8.78 Å². The second-order valence-electron chi connectivity index (χ2n) is 6.36. The summed E-state index contributed by atoms with van der Waals surface area (Å²) in [6.45, 7) is -0.280. The van der Waals surface area contributed by atoms with Gasteiger partial charge in [0.05, 0.1) is 18.2 Å². The molecule has 0 aliphatic rings. The molecule has 29 heavy (non-hydrogen) atoms. The van der Waals surface area contributed by atoms with Gasteiger partial charge in [0.25, 0.3) is 0 Å². The van der Waals surface area contributed by atoms with Gasteiger partial charge in [0.15, 0.2) is 0 Å². The summed E-state index contributed by atoms with van der Waals surface area (Å²) in [4.78, 5) is 12.4. The van der Waals surface area contributed by atoms with Crippen LogP contribution in [0.3, 0.4) is 0 Å². The Labute approximate surface area is 164 Å². The normalized spacial score (nSPS) is 10.9. The van der Waals surface area contributed by atoms with E-state index in [0.717, 1.165) is 0 Å². The molecule has 3 aromatic carbocycles. The van der Waals surface area contributed by atoms with Crippen molar-refractivity contribution >= 4 is 11.0 Å². The predicted octanol–water partition coefficient (Wildman–Crippen LogP) is 5.33. The molecule has 4 rings (SSSR count). The molecule has 0 atom stereocenters. The van der Waals surface area contributed by atoms with Gasteiger partial charge in [0, 0.05) is 11.5 Å². The Hall–Kier alpha value is -3.67. The number of ether oxygens (including phenoxy) is 2. The van der Waals surface area contributed by atoms with Gasteiger partial charge in [-0.25, -0.2) is 13.6 Å². The molecule has 6 heteroatoms. The molecular formula is C23H16F2O4. The van der Waals surface area contributed by atoms with Crippen LogP contribution < -0.4 is 15.1 Å². The standard InChI is InChI=1S/C23H16F2O4/c1-27-16-8-5-14(6-9-16)18-11-15-7-10-17(12-22(15)29-23(18)26)28-13-19-20(24)3-2-4-21(19)25/h2-12H,13H2,1H3. The Morgan fingerprint density at radius 3 is 2.28 bits per heavy atom. The van der Waals surface area contributed by atoms with Crippen molar-refractivity contribution in [3.8, 4) is 22.6 Å². The third kappa shape index (κ3) is 3.82. The predicted molar refractivity (Wildman–Crippen MR) is 105 cm³/mol. The van der Waals surface area contributed by atoms with Crippen molar-refractivity contribution in [2.45, 2.75) is 6.61 Å². The van der Waals surface area contributed by atoms with Gasteiger partial charge in [0.2, 0.25) is 0 Å². The summed E-state index contributed by atoms with van der Waals surface area (Å²) in [7, 11) is 1.57. The van der Waals surface area contributed by atoms with Gasteiger partial charge in [-0.05, 0) is 48.0 Å². The Bertz CT molecular complexity index is 1210. The SMILES string of the molecule is COc1ccc(-c2cc3ccc(OCc4c(F)cccc4F)cc3oc2=O)cc1. The van der Waals surface area contributed by atoms with Crippen LogP contribution in [-0.2, 0) is 6.61 Å². The van der Waals surface area contributed by atoms with Crippen LogP contribution in [0.1, 0.15) is 5.56 Å². The van der Waals surface area contributed by atoms with Gasteiger partial charge in [-0.3, -0.25) is 0 Å². The molecule has 0 unspecified atom stereocenters. The van der Waals surface area contributed by atoms with Gasteiger partial charge in [0.1, 0.15) is 35.3 Å². The topological polar surface area (TPSA) is 48.7 Å². The highest BCUT2D eigenvalue weighted by molar-refractivity contribution is 5.82. The first kappa shape index (κ1) is 18.7. The van der Waals surface area contributed by atoms with Crippen LogP contribution >= 0.6 is 0 Å². The Balaban J connectivity index is 1.62. The van der Waals surface area contributed by atoms with Gasteiger partial charge < -0.3 is 13.9 Å². The summed E-state index contributed by atoms with van der Waals surface area (Å²) in [5, 5.41) is 0.694. The van der Waals surface area contributed by atoms with E-state index in [9.17, 15) is 13.6 Å². The number of hydrogen-bond donors (Lipinski definition) is 0. The summed E-state index contributed by atoms with van der Waals surface area (Å²) >= 11 is 0. The largest absolute Gasteiger partial charge is 0.497 e. The molecule has 0 amide bonds. The fraction of sp³-hybridized carbons (Fsp3) is 0.0870. The number of methoxy groups -OCH3 is 1. The highest BCUT2D eigenvalue weighted by Gasteiger charge is 2.11. The molecule has 0 bridgehead atoms. The maximum absolute atomic E-state index is 13.7. The Morgan fingerprint density at radius 1 is 0.897 bits per heavy atom. The lowest BCUT2D eigenvalue weighted by Crippen LogP contribution is -2.04. The lowest BCUT2D eigenvalue weighted by Gasteiger charge is -2.09. The molecule has 1 heterocycles. The minimum absolute atomic E-state index is 0.163. The van der Waals surface area contributed by atoms with Crippen LogP contribution in [0.5, 0.6) is 11.5 Å². The zero-order valence-corrected chi connectivity index (χ0v) is 15.4. The molecule has 1 aromatic heterocycles. The van der Waals surface area contributed by atoms with Gasteiger partial charge in [-0.1, -0.05) is 18.2 Å². The summed E-state index contributed by atoms with van der Waals surface area (Å²) in [6, 6.07) is 17.3. The highest BCUT2D eigenvalue weighted by atomic mass is 19.1. The van der Waals surface area contributed by atoms with Crippen molar-refractivity contribution in [1.29, 1.82) is 0 Å². The molecule has 0 aliphatic heterocycles. The van der Waals surface area contributed by atoms with Crippen LogP contribution in [0.25, 0.3) is 22.1 Å². The third-order valence-corrected chi connectivity index (χ3v) is 4.55. The monoisotopic (exact) mass is 394 g/mol. The summed E-state index contributed by atoms with van der Waals surface area (Å²) in [6.07, 6.45) is 0. The summed E-state index contributed by atoms with van der Waals surface area (Å²) in [5.41, 5.74) is 0.779. The van der Waals surface area contributed by atoms with Crippen molar-refractivity contribution in [3.63, 3.8) is 0 Å². The molecular weight excluding hydrogens is 378 g/mol. The minimum atomic E-state index is -0.679. The molecule has 0 radical (unpaired) electrons. The van der Waals surface area contributed by atoms with Crippen LogP contribution in [-0.4, -0.2) is 7.11 Å². The number of hydrogen-bond acceptors (Lipinski definition) is 4. The van der Waals surface area contributed by atoms with Crippen LogP contribution in [0.2, 0.25) is 0 Å². The van der Waals surface area contributed by atoms with E-state index in [0.29, 0.717) is 33.6 Å². The lowest BCUT2D eigenvalue weighted by atomic mass is 10.1. The van der Waals surface area contributed by atoms with Crippen molar-refractivity contribution in [2.75, 3.05) is 7.11 Å². The average molecular weight is 394 g/mol. The number of fused-ring (bicyclic) bond motifs is 1. The van der Waals surface area contributed by atoms with E-state index in [-0.39, 0.29) is 12.2 Å². The fourth-order valence-electron chi connectivity index (χ4n) is 2.98. The second kappa shape index (κ2) is 7.75. The second-order valence-corrected chi connectivity index (χ2v) is 6.36. The molecule has 0 spiro atoms. The van der Waals surface area contributed by atoms with E-state index >= 15 is 0 Å². The first-order valence-corrected chi connectivity index (χ1v) is 8.83. The molecule has 0 fully saturated rings. The van der Waals surface area contributed by atoms with Crippen molar-refractivity contribution in [3.05, 3.63) is 94.3 Å².